The third-order valence-corrected chi connectivity index (χ3v) is 7.69. The zero-order valence-corrected chi connectivity index (χ0v) is 23.9. The topological polar surface area (TPSA) is 129 Å². The summed E-state index contributed by atoms with van der Waals surface area (Å²) in [7, 11) is 0. The second kappa shape index (κ2) is 12.3. The van der Waals surface area contributed by atoms with Crippen molar-refractivity contribution in [2.24, 2.45) is 5.92 Å². The number of halogens is 1. The highest BCUT2D eigenvalue weighted by molar-refractivity contribution is 6.32. The average molecular weight is 594 g/mol. The Hall–Kier alpha value is -5.21. The van der Waals surface area contributed by atoms with Crippen molar-refractivity contribution in [3.63, 3.8) is 0 Å². The van der Waals surface area contributed by atoms with Crippen molar-refractivity contribution < 1.29 is 9.59 Å². The molecule has 0 spiro atoms. The molecular formula is C31H28ClN9O2. The summed E-state index contributed by atoms with van der Waals surface area (Å²) in [6.07, 6.45) is 7.49. The number of likely N-dealkylation sites (tertiary alicyclic amines) is 1. The predicted octanol–water partition coefficient (Wildman–Crippen LogP) is 6.54. The highest BCUT2D eigenvalue weighted by Crippen LogP contribution is 2.30. The second-order valence-corrected chi connectivity index (χ2v) is 10.9. The fourth-order valence-corrected chi connectivity index (χ4v) is 5.36. The van der Waals surface area contributed by atoms with Crippen molar-refractivity contribution >= 4 is 63.7 Å². The van der Waals surface area contributed by atoms with Crippen LogP contribution in [0.15, 0.2) is 67.1 Å². The van der Waals surface area contributed by atoms with Crippen LogP contribution in [0.3, 0.4) is 0 Å². The first-order valence-corrected chi connectivity index (χ1v) is 14.3. The Morgan fingerprint density at radius 3 is 2.72 bits per heavy atom. The van der Waals surface area contributed by atoms with Gasteiger partial charge in [0.2, 0.25) is 11.9 Å². The van der Waals surface area contributed by atoms with Gasteiger partial charge in [-0.1, -0.05) is 23.7 Å². The molecule has 0 aliphatic carbocycles. The van der Waals surface area contributed by atoms with Gasteiger partial charge < -0.3 is 26.2 Å². The first-order chi connectivity index (χ1) is 20.9. The highest BCUT2D eigenvalue weighted by Gasteiger charge is 2.28. The molecule has 6 bridgehead atoms. The van der Waals surface area contributed by atoms with Crippen molar-refractivity contribution in [1.29, 1.82) is 0 Å². The van der Waals surface area contributed by atoms with Gasteiger partial charge in [-0.15, -0.1) is 0 Å². The fourth-order valence-electron chi connectivity index (χ4n) is 5.22. The number of amides is 3. The van der Waals surface area contributed by atoms with Crippen LogP contribution in [-0.4, -0.2) is 44.9 Å². The summed E-state index contributed by atoms with van der Waals surface area (Å²) in [6, 6.07) is 14.3. The van der Waals surface area contributed by atoms with Crippen molar-refractivity contribution in [2.45, 2.75) is 25.7 Å². The summed E-state index contributed by atoms with van der Waals surface area (Å²) < 4.78 is 0. The molecule has 3 amide bonds. The van der Waals surface area contributed by atoms with Crippen LogP contribution in [0.2, 0.25) is 5.02 Å². The number of anilines is 6. The average Bonchev–Trinajstić information content (AvgIpc) is 3.47. The van der Waals surface area contributed by atoms with E-state index in [2.05, 4.69) is 41.1 Å². The van der Waals surface area contributed by atoms with E-state index in [4.69, 9.17) is 18.2 Å². The molecule has 43 heavy (non-hydrogen) atoms. The van der Waals surface area contributed by atoms with E-state index in [0.717, 1.165) is 34.6 Å². The molecule has 2 aliphatic heterocycles. The number of nitrogens with zero attached hydrogens (tertiary/aromatic N) is 5. The van der Waals surface area contributed by atoms with Crippen molar-refractivity contribution in [1.82, 2.24) is 19.9 Å². The third-order valence-electron chi connectivity index (χ3n) is 7.42. The van der Waals surface area contributed by atoms with E-state index >= 15 is 0 Å². The molecule has 2 aromatic heterocycles. The monoisotopic (exact) mass is 593 g/mol. The second-order valence-electron chi connectivity index (χ2n) is 10.5. The summed E-state index contributed by atoms with van der Waals surface area (Å²) in [5.74, 6) is 0.808. The minimum Gasteiger partial charge on any atom is -0.339 e. The maximum atomic E-state index is 13.2. The van der Waals surface area contributed by atoms with Crippen LogP contribution in [0.25, 0.3) is 4.85 Å². The van der Waals surface area contributed by atoms with E-state index in [1.54, 1.807) is 35.4 Å². The maximum absolute atomic E-state index is 13.2. The summed E-state index contributed by atoms with van der Waals surface area (Å²) in [5.41, 5.74) is 5.41. The van der Waals surface area contributed by atoms with E-state index in [0.29, 0.717) is 60.5 Å². The summed E-state index contributed by atoms with van der Waals surface area (Å²) in [5, 5.41) is 12.8. The maximum Gasteiger partial charge on any atom is 0.321 e. The Kier molecular flexibility index (Phi) is 8.02. The predicted molar refractivity (Wildman–Crippen MR) is 166 cm³/mol. The smallest absolute Gasteiger partial charge is 0.321 e. The number of urea groups is 1. The van der Waals surface area contributed by atoms with Gasteiger partial charge in [0.25, 0.3) is 0 Å². The lowest BCUT2D eigenvalue weighted by Gasteiger charge is -2.18. The summed E-state index contributed by atoms with van der Waals surface area (Å²) in [6.45, 7) is 8.12. The molecule has 4 aromatic rings. The standard InChI is InChI=1S/C31H28ClN9O2/c1-33-22-4-6-23(7-5-22)38-31(43)41-11-10-20(18-41)13-28(42)39-27-9-8-24-14-21(27)3-2-19-12-25(16-34-15-19)37-30-35-17-26(32)29(36-24)40-30/h4-9,12,14-17,20H,2-3,10-11,13,18H2,(H,38,43)(H,39,42)(H2,35,36,37,40)/t20-/m1/s1. The van der Waals surface area contributed by atoms with Crippen LogP contribution in [0.5, 0.6) is 0 Å². The van der Waals surface area contributed by atoms with E-state index in [9.17, 15) is 9.59 Å². The Morgan fingerprint density at radius 2 is 1.88 bits per heavy atom. The van der Waals surface area contributed by atoms with Crippen LogP contribution >= 0.6 is 11.6 Å². The Balaban J connectivity index is 1.12. The number of carbonyl (C=O) groups is 2. The van der Waals surface area contributed by atoms with Gasteiger partial charge in [-0.2, -0.15) is 4.98 Å². The number of carbonyl (C=O) groups excluding carboxylic acids is 2. The number of fused-ring (bicyclic) bond motifs is 6. The van der Waals surface area contributed by atoms with Crippen molar-refractivity contribution in [3.8, 4) is 0 Å². The van der Waals surface area contributed by atoms with Gasteiger partial charge in [0, 0.05) is 42.8 Å². The number of hydrogen-bond acceptors (Lipinski definition) is 7. The molecular weight excluding hydrogens is 566 g/mol. The molecule has 1 fully saturated rings. The normalized spacial score (nSPS) is 15.4. The number of hydrogen-bond donors (Lipinski definition) is 4. The van der Waals surface area contributed by atoms with Crippen LogP contribution in [0.4, 0.5) is 45.0 Å². The zero-order chi connectivity index (χ0) is 29.8. The van der Waals surface area contributed by atoms with Crippen LogP contribution < -0.4 is 21.3 Å². The van der Waals surface area contributed by atoms with Gasteiger partial charge in [-0.3, -0.25) is 9.78 Å². The number of rotatable bonds is 4. The fraction of sp³-hybridized carbons (Fsp3) is 0.226. The minimum absolute atomic E-state index is 0.0525. The Labute approximate surface area is 253 Å². The molecule has 0 radical (unpaired) electrons. The SMILES string of the molecule is [C-]#[N+]c1ccc(NC(=O)N2CC[C@H](CC(=O)Nc3ccc4cc3CCc3cncc(c3)Nc3ncc(Cl)c(n3)N4)C2)cc1. The van der Waals surface area contributed by atoms with Crippen molar-refractivity contribution in [2.75, 3.05) is 34.4 Å². The lowest BCUT2D eigenvalue weighted by molar-refractivity contribution is -0.117. The van der Waals surface area contributed by atoms with E-state index in [1.165, 1.54) is 6.20 Å². The lowest BCUT2D eigenvalue weighted by atomic mass is 10.0. The first kappa shape index (κ1) is 27.9. The number of nitrogens with one attached hydrogen (secondary N) is 4. The minimum atomic E-state index is -0.211. The molecule has 1 saturated heterocycles. The van der Waals surface area contributed by atoms with E-state index in [1.807, 2.05) is 30.5 Å². The van der Waals surface area contributed by atoms with E-state index in [-0.39, 0.29) is 17.9 Å². The first-order valence-electron chi connectivity index (χ1n) is 13.9. The van der Waals surface area contributed by atoms with Gasteiger partial charge >= 0.3 is 6.03 Å². The Morgan fingerprint density at radius 1 is 1.02 bits per heavy atom. The number of pyridine rings is 1. The number of aryl methyl sites for hydroxylation is 2. The third kappa shape index (κ3) is 6.82. The van der Waals surface area contributed by atoms with Crippen molar-refractivity contribution in [3.05, 3.63) is 94.7 Å². The molecule has 0 saturated carbocycles. The molecule has 216 valence electrons. The summed E-state index contributed by atoms with van der Waals surface area (Å²) >= 11 is 6.37. The largest absolute Gasteiger partial charge is 0.339 e. The van der Waals surface area contributed by atoms with Gasteiger partial charge in [0.15, 0.2) is 11.5 Å². The molecule has 0 unspecified atom stereocenters. The lowest BCUT2D eigenvalue weighted by Crippen LogP contribution is -2.33. The highest BCUT2D eigenvalue weighted by atomic mass is 35.5. The van der Waals surface area contributed by atoms with Crippen LogP contribution in [0, 0.1) is 12.5 Å². The molecule has 4 N–H and O–H groups in total. The summed E-state index contributed by atoms with van der Waals surface area (Å²) in [4.78, 5) is 44.1. The van der Waals surface area contributed by atoms with Gasteiger partial charge in [0.05, 0.1) is 24.7 Å². The van der Waals surface area contributed by atoms with E-state index < -0.39 is 0 Å². The molecule has 4 heterocycles. The number of aromatic nitrogens is 3. The van der Waals surface area contributed by atoms with Crippen LogP contribution in [-0.2, 0) is 17.6 Å². The van der Waals surface area contributed by atoms with Crippen LogP contribution in [0.1, 0.15) is 24.0 Å². The molecule has 6 rings (SSSR count). The molecule has 11 nitrogen and oxygen atoms in total. The molecule has 2 aliphatic rings. The Bertz CT molecular complexity index is 1720. The number of benzene rings is 2. The van der Waals surface area contributed by atoms with Gasteiger partial charge in [-0.25, -0.2) is 14.6 Å². The molecule has 2 aromatic carbocycles. The quantitative estimate of drug-likeness (QED) is 0.198. The molecule has 1 atom stereocenters. The van der Waals surface area contributed by atoms with Gasteiger partial charge in [0.1, 0.15) is 5.02 Å². The van der Waals surface area contributed by atoms with Gasteiger partial charge in [-0.05, 0) is 72.7 Å². The molecule has 12 heteroatoms. The zero-order valence-electron chi connectivity index (χ0n) is 23.1.